The van der Waals surface area contributed by atoms with Crippen molar-refractivity contribution in [3.63, 3.8) is 0 Å². The first kappa shape index (κ1) is 25.0. The van der Waals surface area contributed by atoms with E-state index in [9.17, 15) is 22.8 Å². The first-order valence-electron chi connectivity index (χ1n) is 9.72. The summed E-state index contributed by atoms with van der Waals surface area (Å²) >= 11 is 0. The van der Waals surface area contributed by atoms with Gasteiger partial charge < -0.3 is 19.9 Å². The number of nitrogens with zero attached hydrogens (tertiary/aromatic N) is 4. The summed E-state index contributed by atoms with van der Waals surface area (Å²) in [4.78, 5) is 43.4. The van der Waals surface area contributed by atoms with Crippen molar-refractivity contribution in [1.29, 1.82) is 0 Å². The standard InChI is InChI=1S/C18H23N5O2.C2HF3O2/c1-22(2)9-10-23-16-5-4-14(11-13(16)3-6-17(23)24)21-18(25)15-12-19-7-8-20-15;3-2(4,5)1(6)7/h3,6-8,12,14H,4-5,9-11H2,1-2H3,(H,21,25);(H,6,7). The van der Waals surface area contributed by atoms with E-state index in [4.69, 9.17) is 9.90 Å². The van der Waals surface area contributed by atoms with Gasteiger partial charge >= 0.3 is 12.1 Å². The van der Waals surface area contributed by atoms with Crippen molar-refractivity contribution >= 4 is 11.9 Å². The zero-order chi connectivity index (χ0) is 23.9. The minimum atomic E-state index is -5.08. The second-order valence-electron chi connectivity index (χ2n) is 7.41. The first-order valence-corrected chi connectivity index (χ1v) is 9.72. The average molecular weight is 455 g/mol. The molecule has 2 aromatic heterocycles. The molecule has 2 aromatic rings. The number of hydrogen-bond acceptors (Lipinski definition) is 6. The van der Waals surface area contributed by atoms with Crippen LogP contribution in [0.2, 0.25) is 0 Å². The van der Waals surface area contributed by atoms with E-state index < -0.39 is 12.1 Å². The summed E-state index contributed by atoms with van der Waals surface area (Å²) in [6.07, 6.45) is 1.75. The van der Waals surface area contributed by atoms with E-state index in [1.165, 1.54) is 12.4 Å². The molecule has 0 spiro atoms. The highest BCUT2D eigenvalue weighted by Crippen LogP contribution is 2.20. The molecule has 2 N–H and O–H groups in total. The molecule has 0 aromatic carbocycles. The molecule has 1 unspecified atom stereocenters. The number of alkyl halides is 3. The first-order chi connectivity index (χ1) is 15.0. The summed E-state index contributed by atoms with van der Waals surface area (Å²) in [6, 6.07) is 3.56. The van der Waals surface area contributed by atoms with Gasteiger partial charge in [-0.2, -0.15) is 13.2 Å². The zero-order valence-corrected chi connectivity index (χ0v) is 17.6. The van der Waals surface area contributed by atoms with E-state index in [-0.39, 0.29) is 17.5 Å². The normalized spacial score (nSPS) is 15.4. The molecule has 1 atom stereocenters. The lowest BCUT2D eigenvalue weighted by molar-refractivity contribution is -0.192. The van der Waals surface area contributed by atoms with Gasteiger partial charge in [-0.25, -0.2) is 9.78 Å². The number of pyridine rings is 1. The molecule has 3 rings (SSSR count). The lowest BCUT2D eigenvalue weighted by Gasteiger charge is -2.28. The van der Waals surface area contributed by atoms with Crippen LogP contribution < -0.4 is 10.9 Å². The van der Waals surface area contributed by atoms with Crippen LogP contribution in [-0.2, 0) is 24.2 Å². The van der Waals surface area contributed by atoms with E-state index >= 15 is 0 Å². The van der Waals surface area contributed by atoms with Crippen LogP contribution in [0.15, 0.2) is 35.5 Å². The Morgan fingerprint density at radius 3 is 2.53 bits per heavy atom. The van der Waals surface area contributed by atoms with Crippen molar-refractivity contribution < 1.29 is 27.9 Å². The van der Waals surface area contributed by atoms with E-state index in [1.807, 2.05) is 24.7 Å². The number of rotatable bonds is 5. The molecule has 0 bridgehead atoms. The zero-order valence-electron chi connectivity index (χ0n) is 17.6. The number of carboxylic acids is 1. The van der Waals surface area contributed by atoms with Crippen molar-refractivity contribution in [3.05, 3.63) is 58.0 Å². The van der Waals surface area contributed by atoms with Crippen LogP contribution in [0.25, 0.3) is 0 Å². The predicted octanol–water partition coefficient (Wildman–Crippen LogP) is 1.12. The number of carbonyl (C=O) groups is 2. The average Bonchev–Trinajstić information content (AvgIpc) is 2.73. The van der Waals surface area contributed by atoms with Crippen LogP contribution in [0.3, 0.4) is 0 Å². The largest absolute Gasteiger partial charge is 0.490 e. The second-order valence-corrected chi connectivity index (χ2v) is 7.41. The molecule has 0 aliphatic heterocycles. The Morgan fingerprint density at radius 2 is 1.97 bits per heavy atom. The Hall–Kier alpha value is -3.28. The molecule has 32 heavy (non-hydrogen) atoms. The number of likely N-dealkylation sites (N-methyl/N-ethyl adjacent to an activating group) is 1. The number of carboxylic acid groups (broad SMARTS) is 1. The van der Waals surface area contributed by atoms with E-state index in [2.05, 4.69) is 20.2 Å². The van der Waals surface area contributed by atoms with E-state index in [0.717, 1.165) is 37.1 Å². The molecular weight excluding hydrogens is 431 g/mol. The molecule has 0 fully saturated rings. The highest BCUT2D eigenvalue weighted by molar-refractivity contribution is 5.92. The van der Waals surface area contributed by atoms with Gasteiger partial charge in [0, 0.05) is 43.3 Å². The van der Waals surface area contributed by atoms with Gasteiger partial charge in [0.2, 0.25) is 0 Å². The van der Waals surface area contributed by atoms with Crippen molar-refractivity contribution in [2.24, 2.45) is 0 Å². The summed E-state index contributed by atoms with van der Waals surface area (Å²) < 4.78 is 33.6. The highest BCUT2D eigenvalue weighted by atomic mass is 19.4. The number of hydrogen-bond donors (Lipinski definition) is 2. The van der Waals surface area contributed by atoms with Crippen molar-refractivity contribution in [1.82, 2.24) is 24.8 Å². The molecule has 0 saturated heterocycles. The Kier molecular flexibility index (Phi) is 8.47. The number of fused-ring (bicyclic) bond motifs is 1. The van der Waals surface area contributed by atoms with Gasteiger partial charge in [0.15, 0.2) is 0 Å². The summed E-state index contributed by atoms with van der Waals surface area (Å²) in [7, 11) is 4.00. The van der Waals surface area contributed by atoms with Gasteiger partial charge in [-0.15, -0.1) is 0 Å². The number of amides is 1. The molecule has 2 heterocycles. The minimum absolute atomic E-state index is 0.0433. The molecule has 174 valence electrons. The fraction of sp³-hybridized carbons (Fsp3) is 0.450. The number of nitrogens with one attached hydrogen (secondary N) is 1. The predicted molar refractivity (Wildman–Crippen MR) is 108 cm³/mol. The Bertz CT molecular complexity index is 993. The minimum Gasteiger partial charge on any atom is -0.475 e. The Labute approximate surface area is 181 Å². The molecule has 1 aliphatic carbocycles. The van der Waals surface area contributed by atoms with Crippen LogP contribution in [0.4, 0.5) is 13.2 Å². The van der Waals surface area contributed by atoms with Gasteiger partial charge in [-0.1, -0.05) is 6.07 Å². The van der Waals surface area contributed by atoms with Gasteiger partial charge in [0.05, 0.1) is 6.20 Å². The summed E-state index contributed by atoms with van der Waals surface area (Å²) in [6.45, 7) is 1.51. The Morgan fingerprint density at radius 1 is 1.28 bits per heavy atom. The van der Waals surface area contributed by atoms with Crippen molar-refractivity contribution in [3.8, 4) is 0 Å². The lowest BCUT2D eigenvalue weighted by atomic mass is 9.91. The molecule has 12 heteroatoms. The molecule has 0 radical (unpaired) electrons. The van der Waals surface area contributed by atoms with Crippen molar-refractivity contribution in [2.45, 2.75) is 38.0 Å². The third kappa shape index (κ3) is 7.15. The third-order valence-corrected chi connectivity index (χ3v) is 4.73. The molecule has 9 nitrogen and oxygen atoms in total. The van der Waals surface area contributed by atoms with Crippen LogP contribution in [-0.4, -0.2) is 69.3 Å². The number of carbonyl (C=O) groups excluding carboxylic acids is 1. The maximum Gasteiger partial charge on any atom is 0.490 e. The van der Waals surface area contributed by atoms with Crippen LogP contribution >= 0.6 is 0 Å². The Balaban J connectivity index is 0.000000451. The van der Waals surface area contributed by atoms with Gasteiger partial charge in [-0.05, 0) is 38.9 Å². The topological polar surface area (TPSA) is 117 Å². The third-order valence-electron chi connectivity index (χ3n) is 4.73. The summed E-state index contributed by atoms with van der Waals surface area (Å²) in [5.74, 6) is -2.96. The summed E-state index contributed by atoms with van der Waals surface area (Å²) in [5.41, 5.74) is 2.60. The van der Waals surface area contributed by atoms with E-state index in [0.29, 0.717) is 12.2 Å². The van der Waals surface area contributed by atoms with Crippen molar-refractivity contribution in [2.75, 3.05) is 20.6 Å². The van der Waals surface area contributed by atoms with Crippen LogP contribution in [0, 0.1) is 0 Å². The van der Waals surface area contributed by atoms with Gasteiger partial charge in [0.25, 0.3) is 11.5 Å². The second kappa shape index (κ2) is 10.8. The van der Waals surface area contributed by atoms with Crippen LogP contribution in [0.5, 0.6) is 0 Å². The van der Waals surface area contributed by atoms with E-state index in [1.54, 1.807) is 12.3 Å². The smallest absolute Gasteiger partial charge is 0.475 e. The quantitative estimate of drug-likeness (QED) is 0.694. The SMILES string of the molecule is CN(C)CCn1c2c(ccc1=O)CC(NC(=O)c1cnccn1)CC2.O=C(O)C(F)(F)F. The molecule has 0 saturated carbocycles. The molecule has 1 amide bonds. The lowest BCUT2D eigenvalue weighted by Crippen LogP contribution is -2.41. The van der Waals surface area contributed by atoms with Gasteiger partial charge in [-0.3, -0.25) is 14.6 Å². The number of aromatic nitrogens is 3. The number of halogens is 3. The fourth-order valence-corrected chi connectivity index (χ4v) is 3.17. The highest BCUT2D eigenvalue weighted by Gasteiger charge is 2.38. The maximum absolute atomic E-state index is 12.2. The fourth-order valence-electron chi connectivity index (χ4n) is 3.17. The van der Waals surface area contributed by atoms with Crippen LogP contribution in [0.1, 0.15) is 28.2 Å². The monoisotopic (exact) mass is 455 g/mol. The van der Waals surface area contributed by atoms with Gasteiger partial charge in [0.1, 0.15) is 5.69 Å². The summed E-state index contributed by atoms with van der Waals surface area (Å²) in [5, 5.41) is 10.1. The number of aliphatic carboxylic acids is 1. The molecular formula is C20H24F3N5O4. The molecule has 1 aliphatic rings. The maximum atomic E-state index is 12.2.